The van der Waals surface area contributed by atoms with Crippen molar-refractivity contribution < 1.29 is 4.79 Å². The quantitative estimate of drug-likeness (QED) is 0.631. The molecule has 1 aromatic heterocycles. The standard InChI is InChI=1S/C22H31N5OS/c1-16(2)26(18-7-5-4-6-8-18)20(28)15-29-22-24-23-21(27(22)19-9-10-19)25-13-11-17(3)12-14-25/h4-8,16-17,19H,9-15H2,1-3H3. The highest BCUT2D eigenvalue weighted by molar-refractivity contribution is 7.99. The van der Waals surface area contributed by atoms with Crippen LogP contribution in [0.2, 0.25) is 0 Å². The van der Waals surface area contributed by atoms with Crippen LogP contribution in [0.25, 0.3) is 0 Å². The van der Waals surface area contributed by atoms with Crippen molar-refractivity contribution in [1.29, 1.82) is 0 Å². The zero-order valence-corrected chi connectivity index (χ0v) is 18.4. The molecule has 156 valence electrons. The number of rotatable bonds is 7. The number of aromatic nitrogens is 3. The van der Waals surface area contributed by atoms with E-state index in [0.29, 0.717) is 11.8 Å². The molecule has 1 saturated heterocycles. The second kappa shape index (κ2) is 8.78. The molecule has 2 fully saturated rings. The van der Waals surface area contributed by atoms with Crippen LogP contribution >= 0.6 is 11.8 Å². The van der Waals surface area contributed by atoms with Crippen molar-refractivity contribution in [3.05, 3.63) is 30.3 Å². The van der Waals surface area contributed by atoms with Gasteiger partial charge in [-0.3, -0.25) is 9.36 Å². The zero-order valence-electron chi connectivity index (χ0n) is 17.6. The molecule has 4 rings (SSSR count). The third kappa shape index (κ3) is 4.60. The van der Waals surface area contributed by atoms with E-state index in [2.05, 4.69) is 40.4 Å². The number of hydrogen-bond acceptors (Lipinski definition) is 5. The summed E-state index contributed by atoms with van der Waals surface area (Å²) in [5.41, 5.74) is 0.944. The number of benzene rings is 1. The fraction of sp³-hybridized carbons (Fsp3) is 0.591. The second-order valence-corrected chi connectivity index (χ2v) is 9.48. The van der Waals surface area contributed by atoms with Crippen molar-refractivity contribution >= 4 is 29.3 Å². The molecule has 0 radical (unpaired) electrons. The SMILES string of the molecule is CC1CCN(c2nnc(SCC(=O)N(c3ccccc3)C(C)C)n2C2CC2)CC1. The maximum absolute atomic E-state index is 13.0. The second-order valence-electron chi connectivity index (χ2n) is 8.54. The van der Waals surface area contributed by atoms with Crippen molar-refractivity contribution in [2.45, 2.75) is 63.7 Å². The summed E-state index contributed by atoms with van der Waals surface area (Å²) in [6.07, 6.45) is 4.77. The lowest BCUT2D eigenvalue weighted by atomic mass is 10.00. The van der Waals surface area contributed by atoms with E-state index in [1.54, 1.807) is 0 Å². The van der Waals surface area contributed by atoms with Crippen LogP contribution in [0.5, 0.6) is 0 Å². The number of carbonyl (C=O) groups excluding carboxylic acids is 1. The summed E-state index contributed by atoms with van der Waals surface area (Å²) in [4.78, 5) is 17.3. The van der Waals surface area contributed by atoms with Crippen LogP contribution in [0, 0.1) is 5.92 Å². The summed E-state index contributed by atoms with van der Waals surface area (Å²) in [7, 11) is 0. The van der Waals surface area contributed by atoms with E-state index in [9.17, 15) is 4.79 Å². The van der Waals surface area contributed by atoms with Crippen molar-refractivity contribution in [2.75, 3.05) is 28.6 Å². The molecule has 2 aliphatic rings. The predicted molar refractivity (Wildman–Crippen MR) is 119 cm³/mol. The molecule has 0 unspecified atom stereocenters. The predicted octanol–water partition coefficient (Wildman–Crippen LogP) is 4.38. The molecule has 6 nitrogen and oxygen atoms in total. The van der Waals surface area contributed by atoms with Crippen LogP contribution < -0.4 is 9.80 Å². The van der Waals surface area contributed by atoms with E-state index in [1.807, 2.05) is 35.2 Å². The summed E-state index contributed by atoms with van der Waals surface area (Å²) in [6.45, 7) is 8.52. The van der Waals surface area contributed by atoms with Crippen LogP contribution in [-0.4, -0.2) is 45.6 Å². The molecule has 2 heterocycles. The minimum absolute atomic E-state index is 0.106. The molecule has 1 aliphatic carbocycles. The number of hydrogen-bond donors (Lipinski definition) is 0. The molecule has 0 bridgehead atoms. The summed E-state index contributed by atoms with van der Waals surface area (Å²) >= 11 is 1.52. The van der Waals surface area contributed by atoms with Gasteiger partial charge >= 0.3 is 0 Å². The zero-order chi connectivity index (χ0) is 20.4. The molecular weight excluding hydrogens is 382 g/mol. The molecule has 0 atom stereocenters. The lowest BCUT2D eigenvalue weighted by Gasteiger charge is -2.31. The Morgan fingerprint density at radius 2 is 1.83 bits per heavy atom. The molecule has 2 aromatic rings. The van der Waals surface area contributed by atoms with Gasteiger partial charge in [0.25, 0.3) is 0 Å². The molecule has 1 aliphatic heterocycles. The minimum atomic E-state index is 0.106. The first-order valence-electron chi connectivity index (χ1n) is 10.7. The van der Waals surface area contributed by atoms with E-state index in [-0.39, 0.29) is 11.9 Å². The number of carbonyl (C=O) groups is 1. The molecule has 0 N–H and O–H groups in total. The van der Waals surface area contributed by atoms with Gasteiger partial charge in [-0.2, -0.15) is 0 Å². The monoisotopic (exact) mass is 413 g/mol. The topological polar surface area (TPSA) is 54.3 Å². The van der Waals surface area contributed by atoms with E-state index in [0.717, 1.165) is 35.8 Å². The van der Waals surface area contributed by atoms with Gasteiger partial charge in [0.15, 0.2) is 5.16 Å². The van der Waals surface area contributed by atoms with E-state index in [4.69, 9.17) is 0 Å². The number of anilines is 2. The number of piperidine rings is 1. The highest BCUT2D eigenvalue weighted by Crippen LogP contribution is 2.41. The molecule has 1 amide bonds. The highest BCUT2D eigenvalue weighted by atomic mass is 32.2. The van der Waals surface area contributed by atoms with E-state index in [1.165, 1.54) is 37.4 Å². The Morgan fingerprint density at radius 1 is 1.14 bits per heavy atom. The molecule has 0 spiro atoms. The minimum Gasteiger partial charge on any atom is -0.341 e. The third-order valence-corrected chi connectivity index (χ3v) is 6.70. The first kappa shape index (κ1) is 20.3. The fourth-order valence-electron chi connectivity index (χ4n) is 3.96. The first-order chi connectivity index (χ1) is 14.0. The number of thioether (sulfide) groups is 1. The van der Waals surface area contributed by atoms with Gasteiger partial charge in [-0.1, -0.05) is 36.9 Å². The molecular formula is C22H31N5OS. The van der Waals surface area contributed by atoms with Gasteiger partial charge in [-0.05, 0) is 57.6 Å². The molecule has 29 heavy (non-hydrogen) atoms. The summed E-state index contributed by atoms with van der Waals surface area (Å²) in [6, 6.07) is 10.5. The Hall–Kier alpha value is -2.02. The Balaban J connectivity index is 1.47. The average Bonchev–Trinajstić information content (AvgIpc) is 3.47. The Kier molecular flexibility index (Phi) is 6.13. The fourth-order valence-corrected chi connectivity index (χ4v) is 4.82. The van der Waals surface area contributed by atoms with E-state index < -0.39 is 0 Å². The van der Waals surface area contributed by atoms with Gasteiger partial charge < -0.3 is 9.80 Å². The maximum Gasteiger partial charge on any atom is 0.237 e. The maximum atomic E-state index is 13.0. The van der Waals surface area contributed by atoms with Gasteiger partial charge in [-0.25, -0.2) is 0 Å². The van der Waals surface area contributed by atoms with Gasteiger partial charge in [0, 0.05) is 30.9 Å². The van der Waals surface area contributed by atoms with Gasteiger partial charge in [0.2, 0.25) is 11.9 Å². The summed E-state index contributed by atoms with van der Waals surface area (Å²) in [5.74, 6) is 2.26. The van der Waals surface area contributed by atoms with Crippen LogP contribution in [-0.2, 0) is 4.79 Å². The smallest absolute Gasteiger partial charge is 0.237 e. The van der Waals surface area contributed by atoms with Crippen molar-refractivity contribution in [3.8, 4) is 0 Å². The van der Waals surface area contributed by atoms with Crippen LogP contribution in [0.1, 0.15) is 52.5 Å². The largest absolute Gasteiger partial charge is 0.341 e. The van der Waals surface area contributed by atoms with Crippen molar-refractivity contribution in [2.24, 2.45) is 5.92 Å². The average molecular weight is 414 g/mol. The lowest BCUT2D eigenvalue weighted by Crippen LogP contribution is -2.38. The van der Waals surface area contributed by atoms with Gasteiger partial charge in [0.1, 0.15) is 0 Å². The van der Waals surface area contributed by atoms with Crippen LogP contribution in [0.4, 0.5) is 11.6 Å². The van der Waals surface area contributed by atoms with Crippen LogP contribution in [0.3, 0.4) is 0 Å². The highest BCUT2D eigenvalue weighted by Gasteiger charge is 2.33. The first-order valence-corrected chi connectivity index (χ1v) is 11.7. The van der Waals surface area contributed by atoms with E-state index >= 15 is 0 Å². The summed E-state index contributed by atoms with van der Waals surface area (Å²) < 4.78 is 2.29. The van der Waals surface area contributed by atoms with Gasteiger partial charge in [-0.15, -0.1) is 10.2 Å². The Morgan fingerprint density at radius 3 is 2.45 bits per heavy atom. The number of para-hydroxylation sites is 1. The van der Waals surface area contributed by atoms with Crippen molar-refractivity contribution in [1.82, 2.24) is 14.8 Å². The lowest BCUT2D eigenvalue weighted by molar-refractivity contribution is -0.116. The third-order valence-electron chi connectivity index (χ3n) is 5.77. The van der Waals surface area contributed by atoms with Gasteiger partial charge in [0.05, 0.1) is 5.75 Å². The van der Waals surface area contributed by atoms with Crippen molar-refractivity contribution in [3.63, 3.8) is 0 Å². The number of nitrogens with zero attached hydrogens (tertiary/aromatic N) is 5. The normalized spacial score (nSPS) is 17.7. The molecule has 1 aromatic carbocycles. The number of amides is 1. The molecule has 7 heteroatoms. The Bertz CT molecular complexity index is 825. The Labute approximate surface area is 177 Å². The molecule has 1 saturated carbocycles. The summed E-state index contributed by atoms with van der Waals surface area (Å²) in [5, 5.41) is 9.90. The van der Waals surface area contributed by atoms with Crippen LogP contribution in [0.15, 0.2) is 35.5 Å².